The molecule has 31 heavy (non-hydrogen) atoms. The van der Waals surface area contributed by atoms with Crippen LogP contribution in [0.15, 0.2) is 71.2 Å². The number of para-hydroxylation sites is 2. The second-order valence-corrected chi connectivity index (χ2v) is 7.58. The summed E-state index contributed by atoms with van der Waals surface area (Å²) in [6.45, 7) is 1.25. The smallest absolute Gasteiger partial charge is 0.262 e. The van der Waals surface area contributed by atoms with Gasteiger partial charge in [-0.25, -0.2) is 0 Å². The monoisotopic (exact) mass is 484 g/mol. The van der Waals surface area contributed by atoms with Gasteiger partial charge in [-0.15, -0.1) is 0 Å². The summed E-state index contributed by atoms with van der Waals surface area (Å²) in [6, 6.07) is 21.1. The summed E-state index contributed by atoms with van der Waals surface area (Å²) in [5, 5.41) is 6.20. The summed E-state index contributed by atoms with van der Waals surface area (Å²) >= 11 is 3.58. The van der Waals surface area contributed by atoms with Gasteiger partial charge in [0.15, 0.2) is 18.1 Å². The van der Waals surface area contributed by atoms with Crippen LogP contribution >= 0.6 is 15.9 Å². The van der Waals surface area contributed by atoms with Crippen LogP contribution in [0.2, 0.25) is 0 Å². The van der Waals surface area contributed by atoms with Gasteiger partial charge in [0.1, 0.15) is 5.75 Å². The fourth-order valence-electron chi connectivity index (χ4n) is 3.00. The van der Waals surface area contributed by atoms with Crippen molar-refractivity contribution in [3.63, 3.8) is 0 Å². The average molecular weight is 485 g/mol. The van der Waals surface area contributed by atoms with E-state index < -0.39 is 0 Å². The Morgan fingerprint density at radius 3 is 2.32 bits per heavy atom. The highest BCUT2D eigenvalue weighted by Gasteiger charge is 2.13. The minimum atomic E-state index is -0.295. The van der Waals surface area contributed by atoms with E-state index >= 15 is 0 Å². The van der Waals surface area contributed by atoms with Crippen molar-refractivity contribution in [2.75, 3.05) is 26.1 Å². The molecule has 0 bridgehead atoms. The largest absolute Gasteiger partial charge is 0.495 e. The van der Waals surface area contributed by atoms with Crippen molar-refractivity contribution in [1.29, 1.82) is 0 Å². The van der Waals surface area contributed by atoms with Crippen LogP contribution in [0.5, 0.6) is 17.2 Å². The number of carbonyl (C=O) groups is 1. The van der Waals surface area contributed by atoms with Crippen molar-refractivity contribution >= 4 is 27.5 Å². The van der Waals surface area contributed by atoms with Gasteiger partial charge in [0.25, 0.3) is 5.91 Å². The molecule has 0 atom stereocenters. The van der Waals surface area contributed by atoms with Crippen LogP contribution in [-0.2, 0) is 17.9 Å². The molecular formula is C24H25BrN2O4. The van der Waals surface area contributed by atoms with Crippen LogP contribution in [0.4, 0.5) is 5.69 Å². The van der Waals surface area contributed by atoms with E-state index in [0.717, 1.165) is 16.6 Å². The molecule has 0 saturated carbocycles. The summed E-state index contributed by atoms with van der Waals surface area (Å²) in [5.41, 5.74) is 2.83. The zero-order valence-corrected chi connectivity index (χ0v) is 19.1. The lowest BCUT2D eigenvalue weighted by Crippen LogP contribution is -2.20. The van der Waals surface area contributed by atoms with Crippen molar-refractivity contribution in [2.24, 2.45) is 0 Å². The summed E-state index contributed by atoms with van der Waals surface area (Å²) in [6.07, 6.45) is 0. The van der Waals surface area contributed by atoms with E-state index in [9.17, 15) is 4.79 Å². The molecule has 3 rings (SSSR count). The molecule has 1 amide bonds. The Morgan fingerprint density at radius 2 is 1.58 bits per heavy atom. The fraction of sp³-hybridized carbons (Fsp3) is 0.208. The number of rotatable bonds is 10. The third-order valence-corrected chi connectivity index (χ3v) is 5.30. The van der Waals surface area contributed by atoms with Crippen LogP contribution in [0.25, 0.3) is 0 Å². The molecule has 0 aliphatic heterocycles. The van der Waals surface area contributed by atoms with Gasteiger partial charge in [-0.05, 0) is 35.4 Å². The van der Waals surface area contributed by atoms with Crippen LogP contribution in [0.1, 0.15) is 11.1 Å². The molecule has 0 radical (unpaired) electrons. The minimum absolute atomic E-state index is 0.160. The number of amides is 1. The molecule has 6 nitrogen and oxygen atoms in total. The molecule has 0 aliphatic rings. The Labute approximate surface area is 190 Å². The average Bonchev–Trinajstić information content (AvgIpc) is 2.80. The van der Waals surface area contributed by atoms with E-state index in [4.69, 9.17) is 14.2 Å². The van der Waals surface area contributed by atoms with E-state index in [1.165, 1.54) is 5.56 Å². The lowest BCUT2D eigenvalue weighted by atomic mass is 10.2. The molecule has 0 unspecified atom stereocenters. The van der Waals surface area contributed by atoms with Gasteiger partial charge in [0.2, 0.25) is 0 Å². The van der Waals surface area contributed by atoms with Gasteiger partial charge in [-0.2, -0.15) is 0 Å². The van der Waals surface area contributed by atoms with E-state index in [1.54, 1.807) is 26.4 Å². The molecule has 0 fully saturated rings. The van der Waals surface area contributed by atoms with Crippen molar-refractivity contribution in [3.8, 4) is 17.2 Å². The number of methoxy groups -OCH3 is 2. The third kappa shape index (κ3) is 6.47. The second-order valence-electron chi connectivity index (χ2n) is 6.72. The zero-order chi connectivity index (χ0) is 22.1. The molecule has 0 aromatic heterocycles. The molecule has 0 saturated heterocycles. The number of hydrogen-bond donors (Lipinski definition) is 2. The van der Waals surface area contributed by atoms with Gasteiger partial charge in [0, 0.05) is 17.6 Å². The number of ether oxygens (including phenoxy) is 3. The second kappa shape index (κ2) is 11.4. The highest BCUT2D eigenvalue weighted by Crippen LogP contribution is 2.33. The maximum absolute atomic E-state index is 12.3. The first kappa shape index (κ1) is 22.7. The van der Waals surface area contributed by atoms with Gasteiger partial charge >= 0.3 is 0 Å². The van der Waals surface area contributed by atoms with Gasteiger partial charge < -0.3 is 24.8 Å². The van der Waals surface area contributed by atoms with Crippen molar-refractivity contribution in [2.45, 2.75) is 13.1 Å². The molecule has 3 aromatic carbocycles. The summed E-state index contributed by atoms with van der Waals surface area (Å²) in [4.78, 5) is 12.3. The topological polar surface area (TPSA) is 68.8 Å². The Bertz CT molecular complexity index is 1010. The Hall–Kier alpha value is -3.03. The molecule has 0 heterocycles. The lowest BCUT2D eigenvalue weighted by Gasteiger charge is -2.15. The zero-order valence-electron chi connectivity index (χ0n) is 17.5. The molecule has 0 aliphatic carbocycles. The summed E-state index contributed by atoms with van der Waals surface area (Å²) in [7, 11) is 3.13. The first-order chi connectivity index (χ1) is 15.1. The van der Waals surface area contributed by atoms with Crippen LogP contribution < -0.4 is 24.8 Å². The number of anilines is 1. The number of hydrogen-bond acceptors (Lipinski definition) is 5. The van der Waals surface area contributed by atoms with Crippen LogP contribution in [0, 0.1) is 0 Å². The Kier molecular flexibility index (Phi) is 8.32. The summed E-state index contributed by atoms with van der Waals surface area (Å²) < 4.78 is 17.3. The molecule has 7 heteroatoms. The first-order valence-electron chi connectivity index (χ1n) is 9.77. The van der Waals surface area contributed by atoms with Crippen LogP contribution in [0.3, 0.4) is 0 Å². The number of carbonyl (C=O) groups excluding carboxylic acids is 1. The van der Waals surface area contributed by atoms with Crippen molar-refractivity contribution in [3.05, 3.63) is 82.3 Å². The summed E-state index contributed by atoms with van der Waals surface area (Å²) in [5.74, 6) is 1.33. The quantitative estimate of drug-likeness (QED) is 0.433. The number of halogens is 1. The van der Waals surface area contributed by atoms with E-state index in [1.807, 2.05) is 42.5 Å². The third-order valence-electron chi connectivity index (χ3n) is 4.56. The van der Waals surface area contributed by atoms with Gasteiger partial charge in [-0.3, -0.25) is 4.79 Å². The van der Waals surface area contributed by atoms with Crippen LogP contribution in [-0.4, -0.2) is 26.7 Å². The van der Waals surface area contributed by atoms with Crippen molar-refractivity contribution < 1.29 is 19.0 Å². The highest BCUT2D eigenvalue weighted by atomic mass is 79.9. The Balaban J connectivity index is 1.59. The standard InChI is InChI=1S/C24H25BrN2O4/c1-29-21-11-7-6-10-20(21)27-24(28)16-31-23-13-19(25)18(12-22(23)30-2)15-26-14-17-8-4-3-5-9-17/h3-13,26H,14-16H2,1-2H3,(H,27,28). The SMILES string of the molecule is COc1ccccc1NC(=O)COc1cc(Br)c(CNCc2ccccc2)cc1OC. The van der Waals surface area contributed by atoms with E-state index in [-0.39, 0.29) is 12.5 Å². The maximum Gasteiger partial charge on any atom is 0.262 e. The van der Waals surface area contributed by atoms with Gasteiger partial charge in [0.05, 0.1) is 19.9 Å². The highest BCUT2D eigenvalue weighted by molar-refractivity contribution is 9.10. The molecular weight excluding hydrogens is 460 g/mol. The van der Waals surface area contributed by atoms with E-state index in [0.29, 0.717) is 29.5 Å². The molecule has 0 spiro atoms. The van der Waals surface area contributed by atoms with E-state index in [2.05, 4.69) is 38.7 Å². The van der Waals surface area contributed by atoms with Crippen molar-refractivity contribution in [1.82, 2.24) is 5.32 Å². The number of nitrogens with one attached hydrogen (secondary N) is 2. The minimum Gasteiger partial charge on any atom is -0.495 e. The molecule has 162 valence electrons. The van der Waals surface area contributed by atoms with Gasteiger partial charge in [-0.1, -0.05) is 58.4 Å². The maximum atomic E-state index is 12.3. The fourth-order valence-corrected chi connectivity index (χ4v) is 3.46. The predicted octanol–water partition coefficient (Wildman–Crippen LogP) is 4.77. The predicted molar refractivity (Wildman–Crippen MR) is 125 cm³/mol. The number of benzene rings is 3. The lowest BCUT2D eigenvalue weighted by molar-refractivity contribution is -0.118. The molecule has 3 aromatic rings. The Morgan fingerprint density at radius 1 is 0.871 bits per heavy atom. The molecule has 2 N–H and O–H groups in total. The normalized spacial score (nSPS) is 10.4. The first-order valence-corrected chi connectivity index (χ1v) is 10.6.